The first kappa shape index (κ1) is 16.8. The molecule has 0 radical (unpaired) electrons. The van der Waals surface area contributed by atoms with Crippen molar-refractivity contribution in [3.63, 3.8) is 0 Å². The van der Waals surface area contributed by atoms with Crippen molar-refractivity contribution in [2.24, 2.45) is 5.41 Å². The van der Waals surface area contributed by atoms with E-state index in [4.69, 9.17) is 20.5 Å². The SMILES string of the molecule is CC(C)(C#N)CCCCOC(=O)COc1cccc(N)c1. The summed E-state index contributed by atoms with van der Waals surface area (Å²) in [6, 6.07) is 9.13. The zero-order chi connectivity index (χ0) is 15.7. The van der Waals surface area contributed by atoms with E-state index in [-0.39, 0.29) is 12.0 Å². The van der Waals surface area contributed by atoms with Gasteiger partial charge in [0.25, 0.3) is 0 Å². The Labute approximate surface area is 125 Å². The number of nitriles is 1. The number of rotatable bonds is 8. The van der Waals surface area contributed by atoms with Gasteiger partial charge in [0.05, 0.1) is 18.1 Å². The molecule has 0 heterocycles. The van der Waals surface area contributed by atoms with Crippen LogP contribution in [-0.2, 0) is 9.53 Å². The highest BCUT2D eigenvalue weighted by Crippen LogP contribution is 2.21. The highest BCUT2D eigenvalue weighted by Gasteiger charge is 2.15. The van der Waals surface area contributed by atoms with Crippen LogP contribution in [0.15, 0.2) is 24.3 Å². The number of anilines is 1. The van der Waals surface area contributed by atoms with Crippen molar-refractivity contribution in [3.05, 3.63) is 24.3 Å². The molecule has 0 saturated heterocycles. The first-order valence-electron chi connectivity index (χ1n) is 6.98. The molecular weight excluding hydrogens is 268 g/mol. The highest BCUT2D eigenvalue weighted by atomic mass is 16.6. The second kappa shape index (κ2) is 8.15. The van der Waals surface area contributed by atoms with E-state index in [2.05, 4.69) is 6.07 Å². The van der Waals surface area contributed by atoms with Crippen LogP contribution in [0.4, 0.5) is 5.69 Å². The smallest absolute Gasteiger partial charge is 0.344 e. The molecule has 0 bridgehead atoms. The molecule has 0 fully saturated rings. The maximum absolute atomic E-state index is 11.5. The topological polar surface area (TPSA) is 85.3 Å². The van der Waals surface area contributed by atoms with Crippen molar-refractivity contribution in [2.75, 3.05) is 18.9 Å². The molecule has 5 heteroatoms. The number of nitrogens with two attached hydrogens (primary N) is 1. The standard InChI is InChI=1S/C16H22N2O3/c1-16(2,12-17)8-3-4-9-20-15(19)11-21-14-7-5-6-13(18)10-14/h5-7,10H,3-4,8-9,11,18H2,1-2H3. The van der Waals surface area contributed by atoms with E-state index in [1.165, 1.54) is 0 Å². The molecule has 0 aliphatic heterocycles. The molecular formula is C16H22N2O3. The normalized spacial score (nSPS) is 10.7. The molecule has 0 aliphatic carbocycles. The van der Waals surface area contributed by atoms with Gasteiger partial charge in [-0.05, 0) is 45.2 Å². The van der Waals surface area contributed by atoms with Gasteiger partial charge in [0.2, 0.25) is 0 Å². The fourth-order valence-electron chi connectivity index (χ4n) is 1.70. The monoisotopic (exact) mass is 290 g/mol. The quantitative estimate of drug-likeness (QED) is 0.452. The number of nitrogens with zero attached hydrogens (tertiary/aromatic N) is 1. The fourth-order valence-corrected chi connectivity index (χ4v) is 1.70. The number of esters is 1. The highest BCUT2D eigenvalue weighted by molar-refractivity contribution is 5.71. The predicted octanol–water partition coefficient (Wildman–Crippen LogP) is 2.91. The zero-order valence-electron chi connectivity index (χ0n) is 12.6. The molecule has 21 heavy (non-hydrogen) atoms. The van der Waals surface area contributed by atoms with E-state index in [0.717, 1.165) is 19.3 Å². The average molecular weight is 290 g/mol. The Hall–Kier alpha value is -2.22. The van der Waals surface area contributed by atoms with Crippen molar-refractivity contribution in [2.45, 2.75) is 33.1 Å². The lowest BCUT2D eigenvalue weighted by Gasteiger charge is -2.14. The molecule has 114 valence electrons. The number of benzene rings is 1. The summed E-state index contributed by atoms with van der Waals surface area (Å²) >= 11 is 0. The first-order chi connectivity index (χ1) is 9.93. The van der Waals surface area contributed by atoms with Crippen LogP contribution in [0.3, 0.4) is 0 Å². The van der Waals surface area contributed by atoms with Crippen LogP contribution in [-0.4, -0.2) is 19.2 Å². The third kappa shape index (κ3) is 7.21. The largest absolute Gasteiger partial charge is 0.482 e. The number of nitrogen functional groups attached to an aromatic ring is 1. The van der Waals surface area contributed by atoms with E-state index in [1.807, 2.05) is 13.8 Å². The third-order valence-electron chi connectivity index (χ3n) is 2.98. The fraction of sp³-hybridized carbons (Fsp3) is 0.500. The number of carbonyl (C=O) groups excluding carboxylic acids is 1. The van der Waals surface area contributed by atoms with Crippen molar-refractivity contribution < 1.29 is 14.3 Å². The van der Waals surface area contributed by atoms with Crippen molar-refractivity contribution in [1.29, 1.82) is 5.26 Å². The van der Waals surface area contributed by atoms with Gasteiger partial charge in [-0.25, -0.2) is 4.79 Å². The number of ether oxygens (including phenoxy) is 2. The summed E-state index contributed by atoms with van der Waals surface area (Å²) in [4.78, 5) is 11.5. The number of unbranched alkanes of at least 4 members (excludes halogenated alkanes) is 1. The van der Waals surface area contributed by atoms with E-state index in [0.29, 0.717) is 18.0 Å². The summed E-state index contributed by atoms with van der Waals surface area (Å²) < 4.78 is 10.3. The molecule has 0 aromatic heterocycles. The van der Waals surface area contributed by atoms with E-state index in [9.17, 15) is 4.79 Å². The summed E-state index contributed by atoms with van der Waals surface area (Å²) in [5.41, 5.74) is 5.87. The minimum absolute atomic E-state index is 0.132. The van der Waals surface area contributed by atoms with Gasteiger partial charge in [0.1, 0.15) is 5.75 Å². The molecule has 0 unspecified atom stereocenters. The van der Waals surface area contributed by atoms with Crippen LogP contribution < -0.4 is 10.5 Å². The van der Waals surface area contributed by atoms with Crippen LogP contribution in [0.1, 0.15) is 33.1 Å². The van der Waals surface area contributed by atoms with Gasteiger partial charge in [-0.3, -0.25) is 0 Å². The molecule has 1 aromatic carbocycles. The summed E-state index contributed by atoms with van der Waals surface area (Å²) in [6.45, 7) is 4.02. The van der Waals surface area contributed by atoms with Crippen LogP contribution in [0.5, 0.6) is 5.75 Å². The Morgan fingerprint density at radius 1 is 1.38 bits per heavy atom. The Morgan fingerprint density at radius 3 is 2.81 bits per heavy atom. The van der Waals surface area contributed by atoms with Gasteiger partial charge in [-0.15, -0.1) is 0 Å². The number of carbonyl (C=O) groups is 1. The molecule has 1 rings (SSSR count). The van der Waals surface area contributed by atoms with Gasteiger partial charge in [-0.2, -0.15) is 5.26 Å². The van der Waals surface area contributed by atoms with E-state index < -0.39 is 5.97 Å². The van der Waals surface area contributed by atoms with Crippen LogP contribution in [0, 0.1) is 16.7 Å². The predicted molar refractivity (Wildman–Crippen MR) is 80.6 cm³/mol. The van der Waals surface area contributed by atoms with Gasteiger partial charge >= 0.3 is 5.97 Å². The van der Waals surface area contributed by atoms with Crippen LogP contribution in [0.2, 0.25) is 0 Å². The van der Waals surface area contributed by atoms with Crippen LogP contribution in [0.25, 0.3) is 0 Å². The second-order valence-electron chi connectivity index (χ2n) is 5.53. The van der Waals surface area contributed by atoms with Gasteiger partial charge in [-0.1, -0.05) is 6.07 Å². The average Bonchev–Trinajstić information content (AvgIpc) is 2.45. The van der Waals surface area contributed by atoms with Crippen molar-refractivity contribution in [3.8, 4) is 11.8 Å². The maximum Gasteiger partial charge on any atom is 0.344 e. The summed E-state index contributed by atoms with van der Waals surface area (Å²) in [5, 5.41) is 8.88. The minimum Gasteiger partial charge on any atom is -0.482 e. The van der Waals surface area contributed by atoms with Gasteiger partial charge in [0.15, 0.2) is 6.61 Å². The molecule has 2 N–H and O–H groups in total. The lowest BCUT2D eigenvalue weighted by atomic mass is 9.89. The Morgan fingerprint density at radius 2 is 2.14 bits per heavy atom. The van der Waals surface area contributed by atoms with Crippen LogP contribution >= 0.6 is 0 Å². The summed E-state index contributed by atoms with van der Waals surface area (Å²) in [6.07, 6.45) is 2.39. The zero-order valence-corrected chi connectivity index (χ0v) is 12.6. The molecule has 0 saturated carbocycles. The summed E-state index contributed by atoms with van der Waals surface area (Å²) in [7, 11) is 0. The number of hydrogen-bond acceptors (Lipinski definition) is 5. The first-order valence-corrected chi connectivity index (χ1v) is 6.98. The maximum atomic E-state index is 11.5. The third-order valence-corrected chi connectivity index (χ3v) is 2.98. The van der Waals surface area contributed by atoms with Crippen molar-refractivity contribution in [1.82, 2.24) is 0 Å². The number of hydrogen-bond donors (Lipinski definition) is 1. The molecule has 5 nitrogen and oxygen atoms in total. The summed E-state index contributed by atoms with van der Waals surface area (Å²) in [5.74, 6) is 0.139. The van der Waals surface area contributed by atoms with Gasteiger partial charge < -0.3 is 15.2 Å². The molecule has 0 amide bonds. The Bertz CT molecular complexity index is 506. The molecule has 0 spiro atoms. The molecule has 0 atom stereocenters. The molecule has 0 aliphatic rings. The lowest BCUT2D eigenvalue weighted by Crippen LogP contribution is -2.16. The Kier molecular flexibility index (Phi) is 6.54. The minimum atomic E-state index is -0.406. The van der Waals surface area contributed by atoms with Crippen molar-refractivity contribution >= 4 is 11.7 Å². The van der Waals surface area contributed by atoms with Gasteiger partial charge in [0, 0.05) is 11.8 Å². The van der Waals surface area contributed by atoms with E-state index in [1.54, 1.807) is 24.3 Å². The van der Waals surface area contributed by atoms with E-state index >= 15 is 0 Å². The Balaban J connectivity index is 2.14. The molecule has 1 aromatic rings. The second-order valence-corrected chi connectivity index (χ2v) is 5.53. The lowest BCUT2D eigenvalue weighted by molar-refractivity contribution is -0.146.